The van der Waals surface area contributed by atoms with Gasteiger partial charge in [-0.25, -0.2) is 9.67 Å². The Morgan fingerprint density at radius 1 is 1.22 bits per heavy atom. The summed E-state index contributed by atoms with van der Waals surface area (Å²) in [5, 5.41) is 11.5. The average Bonchev–Trinajstić information content (AvgIpc) is 3.39. The molecule has 0 aliphatic rings. The van der Waals surface area contributed by atoms with Crippen molar-refractivity contribution in [2.75, 3.05) is 13.6 Å². The van der Waals surface area contributed by atoms with Crippen LogP contribution in [-0.2, 0) is 11.2 Å². The number of rotatable bonds is 9. The van der Waals surface area contributed by atoms with E-state index in [-0.39, 0.29) is 11.9 Å². The van der Waals surface area contributed by atoms with Gasteiger partial charge >= 0.3 is 0 Å². The standard InChI is InChI=1S/C20H26N6O/c1-16(26-15-21-14-22-26)20(27)25(2)12-8-4-7-11-18-13-19(24-23-18)17-9-5-3-6-10-17/h3,5-6,9-10,13-16H,4,7-8,11-12H2,1-2H3,(H,23,24)/t16-/m1/s1. The predicted molar refractivity (Wildman–Crippen MR) is 104 cm³/mol. The topological polar surface area (TPSA) is 79.7 Å². The number of benzene rings is 1. The van der Waals surface area contributed by atoms with Crippen LogP contribution in [-0.4, -0.2) is 49.4 Å². The van der Waals surface area contributed by atoms with Gasteiger partial charge in [-0.1, -0.05) is 36.8 Å². The lowest BCUT2D eigenvalue weighted by Crippen LogP contribution is -2.34. The van der Waals surface area contributed by atoms with E-state index in [1.807, 2.05) is 32.2 Å². The molecule has 7 nitrogen and oxygen atoms in total. The number of nitrogens with one attached hydrogen (secondary N) is 1. The molecule has 0 saturated heterocycles. The van der Waals surface area contributed by atoms with Crippen molar-refractivity contribution in [1.82, 2.24) is 29.9 Å². The molecule has 0 unspecified atom stereocenters. The van der Waals surface area contributed by atoms with Crippen molar-refractivity contribution in [3.63, 3.8) is 0 Å². The van der Waals surface area contributed by atoms with Crippen LogP contribution in [0.25, 0.3) is 11.3 Å². The third-order valence-corrected chi connectivity index (χ3v) is 4.71. The average molecular weight is 366 g/mol. The summed E-state index contributed by atoms with van der Waals surface area (Å²) in [6.07, 6.45) is 7.10. The maximum atomic E-state index is 12.4. The van der Waals surface area contributed by atoms with Gasteiger partial charge in [0.25, 0.3) is 0 Å². The molecule has 3 rings (SSSR count). The van der Waals surface area contributed by atoms with Gasteiger partial charge in [0.15, 0.2) is 0 Å². The molecule has 0 bridgehead atoms. The Hall–Kier alpha value is -2.96. The van der Waals surface area contributed by atoms with Crippen LogP contribution in [0, 0.1) is 0 Å². The Bertz CT molecular complexity index is 827. The zero-order valence-electron chi connectivity index (χ0n) is 15.9. The second-order valence-corrected chi connectivity index (χ2v) is 6.77. The molecule has 142 valence electrons. The third kappa shape index (κ3) is 5.03. The summed E-state index contributed by atoms with van der Waals surface area (Å²) in [5.41, 5.74) is 3.26. The SMILES string of the molecule is C[C@H](C(=O)N(C)CCCCCc1cc(-c2ccccc2)n[nH]1)n1cncn1. The predicted octanol–water partition coefficient (Wildman–Crippen LogP) is 3.10. The summed E-state index contributed by atoms with van der Waals surface area (Å²) in [6, 6.07) is 12.0. The van der Waals surface area contributed by atoms with Crippen molar-refractivity contribution in [3.8, 4) is 11.3 Å². The van der Waals surface area contributed by atoms with E-state index in [4.69, 9.17) is 0 Å². The number of aromatic amines is 1. The molecule has 1 aromatic carbocycles. The molecule has 0 saturated carbocycles. The molecular weight excluding hydrogens is 340 g/mol. The highest BCUT2D eigenvalue weighted by Crippen LogP contribution is 2.18. The number of likely N-dealkylation sites (N-methyl/N-ethyl adjacent to an activating group) is 1. The van der Waals surface area contributed by atoms with Gasteiger partial charge in [0.1, 0.15) is 18.7 Å². The van der Waals surface area contributed by atoms with E-state index in [1.54, 1.807) is 15.9 Å². The van der Waals surface area contributed by atoms with E-state index in [9.17, 15) is 4.79 Å². The summed E-state index contributed by atoms with van der Waals surface area (Å²) in [6.45, 7) is 2.59. The number of carbonyl (C=O) groups excluding carboxylic acids is 1. The van der Waals surface area contributed by atoms with E-state index < -0.39 is 0 Å². The summed E-state index contributed by atoms with van der Waals surface area (Å²) < 4.78 is 1.58. The highest BCUT2D eigenvalue weighted by Gasteiger charge is 2.19. The van der Waals surface area contributed by atoms with Crippen molar-refractivity contribution in [3.05, 3.63) is 54.7 Å². The summed E-state index contributed by atoms with van der Waals surface area (Å²) in [5.74, 6) is 0.0570. The Morgan fingerprint density at radius 3 is 2.78 bits per heavy atom. The van der Waals surface area contributed by atoms with Crippen molar-refractivity contribution in [2.24, 2.45) is 0 Å². The first kappa shape index (κ1) is 18.8. The highest BCUT2D eigenvalue weighted by atomic mass is 16.2. The number of aryl methyl sites for hydroxylation is 1. The first-order valence-electron chi connectivity index (χ1n) is 9.34. The van der Waals surface area contributed by atoms with Crippen LogP contribution in [0.4, 0.5) is 0 Å². The van der Waals surface area contributed by atoms with Gasteiger partial charge in [0.05, 0.1) is 5.69 Å². The molecule has 1 amide bonds. The first-order valence-corrected chi connectivity index (χ1v) is 9.34. The van der Waals surface area contributed by atoms with Gasteiger partial charge in [-0.2, -0.15) is 10.2 Å². The van der Waals surface area contributed by atoms with Gasteiger partial charge in [-0.3, -0.25) is 9.89 Å². The largest absolute Gasteiger partial charge is 0.344 e. The zero-order valence-corrected chi connectivity index (χ0v) is 15.9. The smallest absolute Gasteiger partial charge is 0.246 e. The molecule has 0 aliphatic heterocycles. The number of amides is 1. The fourth-order valence-corrected chi connectivity index (χ4v) is 3.05. The highest BCUT2D eigenvalue weighted by molar-refractivity contribution is 5.79. The number of aromatic nitrogens is 5. The van der Waals surface area contributed by atoms with Crippen LogP contribution in [0.1, 0.15) is 37.9 Å². The Balaban J connectivity index is 1.37. The first-order chi connectivity index (χ1) is 13.1. The molecular formula is C20H26N6O. The lowest BCUT2D eigenvalue weighted by molar-refractivity contribution is -0.133. The van der Waals surface area contributed by atoms with Crippen LogP contribution in [0.5, 0.6) is 0 Å². The van der Waals surface area contributed by atoms with Gasteiger partial charge in [-0.05, 0) is 32.3 Å². The molecule has 3 aromatic rings. The molecule has 7 heteroatoms. The molecule has 27 heavy (non-hydrogen) atoms. The Morgan fingerprint density at radius 2 is 2.04 bits per heavy atom. The van der Waals surface area contributed by atoms with E-state index in [2.05, 4.69) is 38.5 Å². The second-order valence-electron chi connectivity index (χ2n) is 6.77. The van der Waals surface area contributed by atoms with Crippen LogP contribution in [0.3, 0.4) is 0 Å². The monoisotopic (exact) mass is 366 g/mol. The minimum absolute atomic E-state index is 0.0570. The molecule has 1 atom stereocenters. The number of hydrogen-bond donors (Lipinski definition) is 1. The normalized spacial score (nSPS) is 12.1. The maximum absolute atomic E-state index is 12.4. The van der Waals surface area contributed by atoms with Crippen LogP contribution >= 0.6 is 0 Å². The minimum Gasteiger partial charge on any atom is -0.344 e. The number of H-pyrrole nitrogens is 1. The van der Waals surface area contributed by atoms with E-state index in [1.165, 1.54) is 6.33 Å². The lowest BCUT2D eigenvalue weighted by atomic mass is 10.1. The number of carbonyl (C=O) groups is 1. The van der Waals surface area contributed by atoms with Gasteiger partial charge in [-0.15, -0.1) is 0 Å². The van der Waals surface area contributed by atoms with Crippen molar-refractivity contribution < 1.29 is 4.79 Å². The molecule has 2 heterocycles. The summed E-state index contributed by atoms with van der Waals surface area (Å²) in [7, 11) is 1.84. The van der Waals surface area contributed by atoms with Gasteiger partial charge in [0, 0.05) is 24.8 Å². The fraction of sp³-hybridized carbons (Fsp3) is 0.400. The maximum Gasteiger partial charge on any atom is 0.246 e. The van der Waals surface area contributed by atoms with Crippen LogP contribution in [0.15, 0.2) is 49.1 Å². The summed E-state index contributed by atoms with van der Waals surface area (Å²) in [4.78, 5) is 18.1. The second kappa shape index (κ2) is 9.12. The Labute approximate surface area is 159 Å². The van der Waals surface area contributed by atoms with Crippen LogP contribution < -0.4 is 0 Å². The molecule has 0 aliphatic carbocycles. The quantitative estimate of drug-likeness (QED) is 0.590. The van der Waals surface area contributed by atoms with Gasteiger partial charge < -0.3 is 4.90 Å². The van der Waals surface area contributed by atoms with Crippen molar-refractivity contribution in [2.45, 2.75) is 38.6 Å². The van der Waals surface area contributed by atoms with Gasteiger partial charge in [0.2, 0.25) is 5.91 Å². The Kier molecular flexibility index (Phi) is 6.35. The van der Waals surface area contributed by atoms with E-state index >= 15 is 0 Å². The van der Waals surface area contributed by atoms with Crippen LogP contribution in [0.2, 0.25) is 0 Å². The molecule has 1 N–H and O–H groups in total. The molecule has 0 fully saturated rings. The third-order valence-electron chi connectivity index (χ3n) is 4.71. The number of hydrogen-bond acceptors (Lipinski definition) is 4. The summed E-state index contributed by atoms with van der Waals surface area (Å²) >= 11 is 0. The minimum atomic E-state index is -0.320. The lowest BCUT2D eigenvalue weighted by Gasteiger charge is -2.21. The molecule has 0 spiro atoms. The molecule has 0 radical (unpaired) electrons. The fourth-order valence-electron chi connectivity index (χ4n) is 3.05. The number of unbranched alkanes of at least 4 members (excludes halogenated alkanes) is 2. The van der Waals surface area contributed by atoms with E-state index in [0.29, 0.717) is 0 Å². The number of nitrogens with zero attached hydrogens (tertiary/aromatic N) is 5. The van der Waals surface area contributed by atoms with E-state index in [0.717, 1.165) is 49.2 Å². The molecule has 2 aromatic heterocycles. The zero-order chi connectivity index (χ0) is 19.1. The van der Waals surface area contributed by atoms with Crippen molar-refractivity contribution in [1.29, 1.82) is 0 Å². The van der Waals surface area contributed by atoms with Crippen molar-refractivity contribution >= 4 is 5.91 Å².